The minimum Gasteiger partial charge on any atom is -0.455 e. The van der Waals surface area contributed by atoms with Crippen LogP contribution >= 0.6 is 11.8 Å². The van der Waals surface area contributed by atoms with Crippen LogP contribution in [0.25, 0.3) is 100 Å². The van der Waals surface area contributed by atoms with E-state index in [-0.39, 0.29) is 0 Å². The summed E-state index contributed by atoms with van der Waals surface area (Å²) in [5.41, 5.74) is 14.3. The van der Waals surface area contributed by atoms with Gasteiger partial charge in [0.15, 0.2) is 17.5 Å². The van der Waals surface area contributed by atoms with Crippen LogP contribution in [0.5, 0.6) is 0 Å². The predicted molar refractivity (Wildman–Crippen MR) is 263 cm³/mol. The van der Waals surface area contributed by atoms with Gasteiger partial charge in [0, 0.05) is 53.4 Å². The Balaban J connectivity index is 1.00. The maximum Gasteiger partial charge on any atom is 0.167 e. The number of rotatable bonds is 4. The monoisotopic (exact) mass is 846 g/mol. The Bertz CT molecular complexity index is 3910. The van der Waals surface area contributed by atoms with Crippen molar-refractivity contribution in [1.82, 2.24) is 19.9 Å². The number of pyridine rings is 1. The third kappa shape index (κ3) is 5.23. The van der Waals surface area contributed by atoms with Gasteiger partial charge >= 0.3 is 0 Å². The van der Waals surface area contributed by atoms with E-state index in [1.54, 1.807) is 0 Å². The van der Waals surface area contributed by atoms with E-state index in [4.69, 9.17) is 24.4 Å². The Morgan fingerprint density at radius 1 is 0.385 bits per heavy atom. The second-order valence-electron chi connectivity index (χ2n) is 16.8. The van der Waals surface area contributed by atoms with Gasteiger partial charge in [-0.1, -0.05) is 182 Å². The summed E-state index contributed by atoms with van der Waals surface area (Å²) in [4.78, 5) is 23.5. The lowest BCUT2D eigenvalue weighted by molar-refractivity contribution is 0.669. The molecule has 65 heavy (non-hydrogen) atoms. The molecule has 0 unspecified atom stereocenters. The average Bonchev–Trinajstić information content (AvgIpc) is 3.90. The highest BCUT2D eigenvalue weighted by Crippen LogP contribution is 2.63. The van der Waals surface area contributed by atoms with Crippen molar-refractivity contribution in [3.8, 4) is 56.5 Å². The van der Waals surface area contributed by atoms with Crippen molar-refractivity contribution in [2.75, 3.05) is 0 Å². The van der Waals surface area contributed by atoms with Crippen LogP contribution in [-0.2, 0) is 5.41 Å². The molecule has 6 heteroatoms. The summed E-state index contributed by atoms with van der Waals surface area (Å²) >= 11 is 1.87. The number of fused-ring (bicyclic) bond motifs is 16. The molecule has 0 amide bonds. The van der Waals surface area contributed by atoms with Gasteiger partial charge in [0.1, 0.15) is 11.2 Å². The number of benzene rings is 9. The van der Waals surface area contributed by atoms with E-state index in [0.29, 0.717) is 17.5 Å². The van der Waals surface area contributed by atoms with Gasteiger partial charge in [-0.15, -0.1) is 0 Å². The molecule has 3 aromatic heterocycles. The van der Waals surface area contributed by atoms with Gasteiger partial charge in [0.2, 0.25) is 0 Å². The number of nitrogens with zero attached hydrogens (tertiary/aromatic N) is 4. The molecule has 0 bridgehead atoms. The largest absolute Gasteiger partial charge is 0.455 e. The molecular weight excluding hydrogens is 813 g/mol. The van der Waals surface area contributed by atoms with Crippen molar-refractivity contribution in [3.63, 3.8) is 0 Å². The normalized spacial score (nSPS) is 13.3. The van der Waals surface area contributed by atoms with Gasteiger partial charge in [0.05, 0.1) is 22.2 Å². The Morgan fingerprint density at radius 2 is 0.985 bits per heavy atom. The van der Waals surface area contributed by atoms with Crippen LogP contribution in [0.2, 0.25) is 0 Å². The molecule has 302 valence electrons. The van der Waals surface area contributed by atoms with Crippen molar-refractivity contribution < 1.29 is 4.42 Å². The molecule has 9 aromatic carbocycles. The Morgan fingerprint density at radius 3 is 1.82 bits per heavy atom. The van der Waals surface area contributed by atoms with E-state index in [2.05, 4.69) is 146 Å². The van der Waals surface area contributed by atoms with Crippen LogP contribution in [0.15, 0.2) is 220 Å². The zero-order valence-corrected chi connectivity index (χ0v) is 35.6. The summed E-state index contributed by atoms with van der Waals surface area (Å²) in [6.07, 6.45) is 0. The third-order valence-electron chi connectivity index (χ3n) is 13.4. The SMILES string of the molecule is c1ccc(-c2nc(-c3cccc(-c4nc5ccccc5c5c6c(ccc45)C4(c5ccccc5Sc5ccccc54)c4ccccc4-6)c3)nc(-c3cccc4c3oc3ccccc34)n2)cc1. The smallest absolute Gasteiger partial charge is 0.167 e. The first kappa shape index (κ1) is 36.3. The zero-order chi connectivity index (χ0) is 42.6. The molecule has 14 rings (SSSR count). The van der Waals surface area contributed by atoms with Gasteiger partial charge < -0.3 is 4.42 Å². The highest BCUT2D eigenvalue weighted by atomic mass is 32.2. The molecule has 5 nitrogen and oxygen atoms in total. The molecule has 0 radical (unpaired) electrons. The molecule has 1 spiro atoms. The molecule has 12 aromatic rings. The van der Waals surface area contributed by atoms with Crippen LogP contribution in [0.1, 0.15) is 22.3 Å². The average molecular weight is 847 g/mol. The van der Waals surface area contributed by atoms with Crippen LogP contribution in [0, 0.1) is 0 Å². The summed E-state index contributed by atoms with van der Waals surface area (Å²) in [5.74, 6) is 1.70. The number of furan rings is 1. The first-order valence-corrected chi connectivity index (χ1v) is 22.7. The van der Waals surface area contributed by atoms with Crippen LogP contribution < -0.4 is 0 Å². The first-order chi connectivity index (χ1) is 32.2. The highest BCUT2D eigenvalue weighted by Gasteiger charge is 2.50. The molecular formula is C59H34N4OS. The summed E-state index contributed by atoms with van der Waals surface area (Å²) in [5, 5.41) is 5.51. The van der Waals surface area contributed by atoms with Crippen molar-refractivity contribution >= 4 is 55.4 Å². The molecule has 0 N–H and O–H groups in total. The van der Waals surface area contributed by atoms with Crippen molar-refractivity contribution in [3.05, 3.63) is 229 Å². The maximum atomic E-state index is 6.50. The van der Waals surface area contributed by atoms with Gasteiger partial charge in [-0.3, -0.25) is 0 Å². The first-order valence-electron chi connectivity index (χ1n) is 21.9. The number of hydrogen-bond donors (Lipinski definition) is 0. The standard InChI is InChI=1S/C59H34N4OS/c1-2-16-35(17-3-1)56-61-57(63-58(62-56)43-24-15-23-39-38-20-6-11-29-49(38)64-55(39)43)37-19-14-18-36(34-37)54-42-32-33-47-53(52(42)41-22-5-10-28-48(41)60-54)40-21-4-7-25-44(40)59(47)45-26-8-12-30-50(45)65-51-31-13-9-27-46(51)59/h1-34H. The molecule has 1 aliphatic carbocycles. The van der Waals surface area contributed by atoms with Gasteiger partial charge in [0.25, 0.3) is 0 Å². The minimum absolute atomic E-state index is 0.484. The second-order valence-corrected chi connectivity index (χ2v) is 17.9. The van der Waals surface area contributed by atoms with Gasteiger partial charge in [-0.05, 0) is 69.8 Å². The molecule has 0 atom stereocenters. The Hall–Kier alpha value is -8.19. The lowest BCUT2D eigenvalue weighted by atomic mass is 9.67. The van der Waals surface area contributed by atoms with Crippen molar-refractivity contribution in [2.24, 2.45) is 0 Å². The predicted octanol–water partition coefficient (Wildman–Crippen LogP) is 15.0. The number of para-hydroxylation sites is 3. The van der Waals surface area contributed by atoms with Gasteiger partial charge in [-0.25, -0.2) is 19.9 Å². The van der Waals surface area contributed by atoms with Crippen molar-refractivity contribution in [2.45, 2.75) is 15.2 Å². The Labute approximate surface area is 378 Å². The molecule has 2 aliphatic rings. The topological polar surface area (TPSA) is 64.7 Å². The summed E-state index contributed by atoms with van der Waals surface area (Å²) in [6.45, 7) is 0. The van der Waals surface area contributed by atoms with E-state index >= 15 is 0 Å². The maximum absolute atomic E-state index is 6.50. The second kappa shape index (κ2) is 13.9. The van der Waals surface area contributed by atoms with Gasteiger partial charge in [-0.2, -0.15) is 0 Å². The fraction of sp³-hybridized carbons (Fsp3) is 0.0169. The Kier molecular flexibility index (Phi) is 7.77. The van der Waals surface area contributed by atoms with E-state index < -0.39 is 5.41 Å². The molecule has 1 aliphatic heterocycles. The summed E-state index contributed by atoms with van der Waals surface area (Å²) in [6, 6.07) is 73.2. The molecule has 4 heterocycles. The number of aromatic nitrogens is 4. The van der Waals surface area contributed by atoms with Crippen molar-refractivity contribution in [1.29, 1.82) is 0 Å². The number of hydrogen-bond acceptors (Lipinski definition) is 6. The van der Waals surface area contributed by atoms with E-state index in [1.807, 2.05) is 72.4 Å². The van der Waals surface area contributed by atoms with Crippen LogP contribution in [0.4, 0.5) is 0 Å². The van der Waals surface area contributed by atoms with E-state index in [0.717, 1.165) is 66.2 Å². The molecule has 0 saturated heterocycles. The lowest BCUT2D eigenvalue weighted by Crippen LogP contribution is -2.31. The lowest BCUT2D eigenvalue weighted by Gasteiger charge is -2.39. The molecule has 0 saturated carbocycles. The van der Waals surface area contributed by atoms with E-state index in [9.17, 15) is 0 Å². The van der Waals surface area contributed by atoms with Crippen LogP contribution in [-0.4, -0.2) is 19.9 Å². The third-order valence-corrected chi connectivity index (χ3v) is 14.5. The minimum atomic E-state index is -0.484. The summed E-state index contributed by atoms with van der Waals surface area (Å²) in [7, 11) is 0. The van der Waals surface area contributed by atoms with Crippen LogP contribution in [0.3, 0.4) is 0 Å². The fourth-order valence-corrected chi connectivity index (χ4v) is 11.9. The quantitative estimate of drug-likeness (QED) is 0.164. The van der Waals surface area contributed by atoms with E-state index in [1.165, 1.54) is 48.6 Å². The summed E-state index contributed by atoms with van der Waals surface area (Å²) < 4.78 is 6.50. The zero-order valence-electron chi connectivity index (χ0n) is 34.7. The molecule has 0 fully saturated rings. The fourth-order valence-electron chi connectivity index (χ4n) is 10.7. The highest BCUT2D eigenvalue weighted by molar-refractivity contribution is 7.99.